The standard InChI is InChI=1S/C100H68N10/c1-59-57-107-43-37-69-47-65(29-33-89(69)97(107)103-59)79-15-5-9-19-83(79)73-51-75-55-77(53-73)87-23-13-24-88(93(87)63-25-27-64(28-26-63)96-101-41-14-42-102-96)78-54-74(84-20-10-6-16-80(84)66-30-34-90-70(48-66)38-44-108-58-60(2)104-98(90)108)52-76(56-78)86-22-12-8-18-82(86)68-32-36-92-72(50-68)40-46-110-62(4)95(106-100(92)110)94-61(3)109-45-39-71-49-67(31-35-91(71)99(109)105-94)81-17-7-11-21-85(75)81/h5-58,61-62H,1-4H3. The van der Waals surface area contributed by atoms with Crippen molar-refractivity contribution in [1.82, 2.24) is 38.5 Å². The summed E-state index contributed by atoms with van der Waals surface area (Å²) in [4.78, 5) is 35.2. The van der Waals surface area contributed by atoms with Gasteiger partial charge in [-0.25, -0.2) is 29.9 Å². The second-order valence-corrected chi connectivity index (χ2v) is 29.7. The number of benzene rings is 12. The highest BCUT2D eigenvalue weighted by atomic mass is 15.3. The van der Waals surface area contributed by atoms with Gasteiger partial charge in [0.15, 0.2) is 5.82 Å². The normalized spacial score (nSPS) is 15.1. The number of pyridine rings is 2. The average Bonchev–Trinajstić information content (AvgIpc) is 1.54. The van der Waals surface area contributed by atoms with Gasteiger partial charge in [0.2, 0.25) is 0 Å². The second kappa shape index (κ2) is 24.7. The van der Waals surface area contributed by atoms with Crippen molar-refractivity contribution in [2.45, 2.75) is 39.8 Å². The van der Waals surface area contributed by atoms with Crippen LogP contribution >= 0.6 is 0 Å². The van der Waals surface area contributed by atoms with E-state index in [0.29, 0.717) is 5.82 Å². The number of hydrogen-bond acceptors (Lipinski definition) is 8. The second-order valence-electron chi connectivity index (χ2n) is 29.7. The molecule has 17 aromatic rings. The van der Waals surface area contributed by atoms with Crippen molar-refractivity contribution in [1.29, 1.82) is 0 Å². The first-order valence-electron chi connectivity index (χ1n) is 37.7. The van der Waals surface area contributed by atoms with Crippen molar-refractivity contribution in [3.05, 3.63) is 362 Å². The zero-order valence-corrected chi connectivity index (χ0v) is 60.8. The molecule has 16 bridgehead atoms. The van der Waals surface area contributed by atoms with E-state index < -0.39 is 0 Å². The molecule has 0 amide bonds. The molecule has 0 saturated carbocycles. The van der Waals surface area contributed by atoms with E-state index in [1.165, 1.54) is 0 Å². The maximum atomic E-state index is 5.59. The van der Waals surface area contributed by atoms with Crippen LogP contribution in [0.3, 0.4) is 0 Å². The first-order valence-corrected chi connectivity index (χ1v) is 37.7. The number of fused-ring (bicyclic) bond motifs is 6. The number of nitrogens with zero attached hydrogens (tertiary/aromatic N) is 10. The molecule has 2 unspecified atom stereocenters. The average molecular weight is 1410 g/mol. The first-order chi connectivity index (χ1) is 54.1. The molecule has 7 aliphatic heterocycles. The minimum Gasteiger partial charge on any atom is -0.324 e. The van der Waals surface area contributed by atoms with Crippen molar-refractivity contribution in [2.24, 2.45) is 9.98 Å². The first kappa shape index (κ1) is 63.1. The molecule has 10 nitrogen and oxygen atoms in total. The van der Waals surface area contributed by atoms with E-state index in [4.69, 9.17) is 29.9 Å². The minimum absolute atomic E-state index is 0.0352. The summed E-state index contributed by atoms with van der Waals surface area (Å²) in [5.74, 6) is 2.55. The van der Waals surface area contributed by atoms with Crippen LogP contribution in [0, 0.1) is 13.8 Å². The summed E-state index contributed by atoms with van der Waals surface area (Å²) in [6, 6.07) is 99.8. The summed E-state index contributed by atoms with van der Waals surface area (Å²) in [6.07, 6.45) is 21.0. The molecule has 24 rings (SSSR count). The SMILES string of the molecule is Cc1cn2ccc3cc(-c4ccccc4-c4cc5cc(c4)-c4cccc(c4-c4ccc(-c6ncccn6)cc4)-c4cc(cc(-c6ccccc6-c6ccc7c(ccn8cc(C)nc78)c6)c4)-c4ccccc4-c4ccc6c(c4)C=CN4C6=NC(=C6N=C7c8ccc(cc8C=CN7C6C)-c6ccccc6-5)C4C)ccc3c2n1. The Bertz CT molecular complexity index is 6610. The molecule has 0 aliphatic carbocycles. The van der Waals surface area contributed by atoms with Crippen LogP contribution in [0.2, 0.25) is 0 Å². The van der Waals surface area contributed by atoms with Gasteiger partial charge in [-0.15, -0.1) is 0 Å². The van der Waals surface area contributed by atoms with Crippen molar-refractivity contribution in [3.63, 3.8) is 0 Å². The molecule has 12 heterocycles. The predicted molar refractivity (Wildman–Crippen MR) is 450 cm³/mol. The number of amidine groups is 2. The highest BCUT2D eigenvalue weighted by molar-refractivity contribution is 6.11. The Morgan fingerprint density at radius 3 is 1.05 bits per heavy atom. The molecule has 2 atom stereocenters. The van der Waals surface area contributed by atoms with Gasteiger partial charge in [0.05, 0.1) is 34.9 Å². The van der Waals surface area contributed by atoms with Gasteiger partial charge in [-0.3, -0.25) is 0 Å². The van der Waals surface area contributed by atoms with Gasteiger partial charge in [0, 0.05) is 77.0 Å². The lowest BCUT2D eigenvalue weighted by molar-refractivity contribution is 0.478. The summed E-state index contributed by atoms with van der Waals surface area (Å²) in [6.45, 7) is 8.63. The fourth-order valence-corrected chi connectivity index (χ4v) is 17.8. The van der Waals surface area contributed by atoms with Gasteiger partial charge < -0.3 is 18.6 Å². The third-order valence-corrected chi connectivity index (χ3v) is 23.1. The van der Waals surface area contributed by atoms with E-state index in [-0.39, 0.29) is 12.1 Å². The quantitative estimate of drug-likeness (QED) is 0.165. The van der Waals surface area contributed by atoms with Gasteiger partial charge in [-0.2, -0.15) is 0 Å². The highest BCUT2D eigenvalue weighted by Gasteiger charge is 2.40. The Labute approximate surface area is 636 Å². The van der Waals surface area contributed by atoms with Crippen molar-refractivity contribution in [2.75, 3.05) is 0 Å². The van der Waals surface area contributed by atoms with Crippen LogP contribution in [0.1, 0.15) is 47.5 Å². The number of rotatable bonds is 6. The third-order valence-electron chi connectivity index (χ3n) is 23.1. The summed E-state index contributed by atoms with van der Waals surface area (Å²) in [7, 11) is 0. The molecule has 5 aromatic heterocycles. The van der Waals surface area contributed by atoms with E-state index in [1.807, 2.05) is 18.5 Å². The Hall–Kier alpha value is -14.2. The van der Waals surface area contributed by atoms with Gasteiger partial charge >= 0.3 is 0 Å². The molecule has 0 spiro atoms. The van der Waals surface area contributed by atoms with Gasteiger partial charge in [-0.1, -0.05) is 188 Å². The van der Waals surface area contributed by atoms with Crippen LogP contribution in [0.25, 0.3) is 179 Å². The fourth-order valence-electron chi connectivity index (χ4n) is 17.8. The monoisotopic (exact) mass is 1410 g/mol. The number of hydrogen-bond donors (Lipinski definition) is 0. The summed E-state index contributed by atoms with van der Waals surface area (Å²) >= 11 is 0. The maximum Gasteiger partial charge on any atom is 0.159 e. The lowest BCUT2D eigenvalue weighted by Crippen LogP contribution is -2.33. The Morgan fingerprint density at radius 2 is 0.645 bits per heavy atom. The zero-order chi connectivity index (χ0) is 73.0. The van der Waals surface area contributed by atoms with Crippen molar-refractivity contribution in [3.8, 4) is 134 Å². The summed E-state index contributed by atoms with van der Waals surface area (Å²) < 4.78 is 4.25. The number of aliphatic imine (C=N–C) groups is 2. The molecule has 0 fully saturated rings. The van der Waals surface area contributed by atoms with Crippen LogP contribution in [0.4, 0.5) is 0 Å². The maximum absolute atomic E-state index is 5.59. The topological polar surface area (TPSA) is 91.6 Å². The van der Waals surface area contributed by atoms with E-state index in [2.05, 4.69) is 356 Å². The van der Waals surface area contributed by atoms with Crippen molar-refractivity contribution >= 4 is 56.7 Å². The van der Waals surface area contributed by atoms with E-state index >= 15 is 0 Å². The molecule has 0 N–H and O–H groups in total. The van der Waals surface area contributed by atoms with Gasteiger partial charge in [0.1, 0.15) is 23.0 Å². The predicted octanol–water partition coefficient (Wildman–Crippen LogP) is 23.8. The lowest BCUT2D eigenvalue weighted by Gasteiger charge is -2.27. The summed E-state index contributed by atoms with van der Waals surface area (Å²) in [5.41, 5.74) is 35.4. The lowest BCUT2D eigenvalue weighted by atomic mass is 9.82. The Kier molecular flexibility index (Phi) is 14.2. The van der Waals surface area contributed by atoms with Gasteiger partial charge in [-0.05, 0) is 263 Å². The van der Waals surface area contributed by atoms with Crippen LogP contribution in [0.15, 0.2) is 338 Å². The van der Waals surface area contributed by atoms with Crippen LogP contribution < -0.4 is 0 Å². The Balaban J connectivity index is 0.816. The number of aromatic nitrogens is 6. The smallest absolute Gasteiger partial charge is 0.159 e. The zero-order valence-electron chi connectivity index (χ0n) is 60.8. The van der Waals surface area contributed by atoms with E-state index in [0.717, 1.165) is 218 Å². The molecular weight excluding hydrogens is 1340 g/mol. The number of aryl methyl sites for hydroxylation is 2. The van der Waals surface area contributed by atoms with E-state index in [1.54, 1.807) is 0 Å². The van der Waals surface area contributed by atoms with Crippen molar-refractivity contribution < 1.29 is 0 Å². The minimum atomic E-state index is -0.0352. The van der Waals surface area contributed by atoms with Crippen LogP contribution in [-0.4, -0.2) is 62.3 Å². The summed E-state index contributed by atoms with van der Waals surface area (Å²) in [5, 5.41) is 4.48. The molecule has 518 valence electrons. The molecule has 0 radical (unpaired) electrons. The molecule has 7 aliphatic rings. The molecule has 10 heteroatoms. The van der Waals surface area contributed by atoms with E-state index in [9.17, 15) is 0 Å². The van der Waals surface area contributed by atoms with Gasteiger partial charge in [0.25, 0.3) is 0 Å². The number of imidazole rings is 2. The Morgan fingerprint density at radius 1 is 0.300 bits per heavy atom. The third kappa shape index (κ3) is 10.2. The molecular formula is C100H68N10. The molecule has 110 heavy (non-hydrogen) atoms. The highest BCUT2D eigenvalue weighted by Crippen LogP contribution is 2.50. The molecule has 12 aromatic carbocycles. The largest absolute Gasteiger partial charge is 0.324 e. The van der Waals surface area contributed by atoms with Crippen LogP contribution in [0.5, 0.6) is 0 Å². The fraction of sp³-hybridized carbons (Fsp3) is 0.0600. The molecule has 0 saturated heterocycles. The van der Waals surface area contributed by atoms with Crippen LogP contribution in [-0.2, 0) is 0 Å².